The second-order valence-electron chi connectivity index (χ2n) is 7.60. The molecule has 0 unspecified atom stereocenters. The summed E-state index contributed by atoms with van der Waals surface area (Å²) < 4.78 is 20.9. The molecule has 2 aromatic heterocycles. The molecule has 37 heavy (non-hydrogen) atoms. The van der Waals surface area contributed by atoms with Crippen molar-refractivity contribution in [1.82, 2.24) is 25.3 Å². The summed E-state index contributed by atoms with van der Waals surface area (Å²) >= 11 is 8.44. The number of amides is 2. The minimum Gasteiger partial charge on any atom is -0.489 e. The molecule has 0 aliphatic heterocycles. The zero-order valence-electron chi connectivity index (χ0n) is 19.6. The number of ether oxygens (including phenoxy) is 1. The van der Waals surface area contributed by atoms with E-state index in [-0.39, 0.29) is 34.1 Å². The maximum atomic E-state index is 13.3. The maximum Gasteiger partial charge on any atom is 0.281 e. The van der Waals surface area contributed by atoms with Crippen LogP contribution in [0.3, 0.4) is 0 Å². The van der Waals surface area contributed by atoms with Gasteiger partial charge in [0.25, 0.3) is 5.91 Å². The molecule has 9 nitrogen and oxygen atoms in total. The highest BCUT2D eigenvalue weighted by molar-refractivity contribution is 8.01. The molecule has 0 bridgehead atoms. The average Bonchev–Trinajstić information content (AvgIpc) is 3.53. The molecule has 0 aliphatic rings. The molecule has 0 fully saturated rings. The van der Waals surface area contributed by atoms with Crippen molar-refractivity contribution in [2.24, 2.45) is 0 Å². The van der Waals surface area contributed by atoms with Crippen molar-refractivity contribution in [2.75, 3.05) is 17.7 Å². The van der Waals surface area contributed by atoms with Gasteiger partial charge in [0.2, 0.25) is 11.0 Å². The molecular weight excluding hydrogens is 539 g/mol. The van der Waals surface area contributed by atoms with E-state index < -0.39 is 5.91 Å². The number of thioether (sulfide) groups is 1. The smallest absolute Gasteiger partial charge is 0.281 e. The highest BCUT2D eigenvalue weighted by Gasteiger charge is 2.21. The first-order valence-electron chi connectivity index (χ1n) is 11.2. The zero-order valence-corrected chi connectivity index (χ0v) is 22.0. The lowest BCUT2D eigenvalue weighted by atomic mass is 10.2. The number of hydrogen-bond donors (Lipinski definition) is 2. The molecule has 2 aromatic carbocycles. The lowest BCUT2D eigenvalue weighted by Crippen LogP contribution is -2.24. The number of nitrogens with zero attached hydrogens (tertiary/aromatic N) is 4. The highest BCUT2D eigenvalue weighted by atomic mass is 35.5. The van der Waals surface area contributed by atoms with Crippen LogP contribution in [0.4, 0.5) is 9.52 Å². The SMILES string of the molecule is CCCOc1cn(-c2ccc(F)cc2)nc1C(=O)Nc1nnc(SCC(=O)NCc2ccccc2Cl)s1. The minimum atomic E-state index is -0.530. The molecule has 4 rings (SSSR count). The number of hydrogen-bond acceptors (Lipinski definition) is 8. The monoisotopic (exact) mass is 560 g/mol. The Morgan fingerprint density at radius 2 is 1.95 bits per heavy atom. The van der Waals surface area contributed by atoms with Crippen molar-refractivity contribution in [3.8, 4) is 11.4 Å². The molecule has 13 heteroatoms. The van der Waals surface area contributed by atoms with Crippen molar-refractivity contribution in [3.63, 3.8) is 0 Å². The van der Waals surface area contributed by atoms with E-state index in [1.54, 1.807) is 24.4 Å². The maximum absolute atomic E-state index is 13.3. The van der Waals surface area contributed by atoms with E-state index in [9.17, 15) is 14.0 Å². The number of carbonyl (C=O) groups is 2. The average molecular weight is 561 g/mol. The fraction of sp³-hybridized carbons (Fsp3) is 0.208. The summed E-state index contributed by atoms with van der Waals surface area (Å²) in [6.45, 7) is 2.67. The summed E-state index contributed by atoms with van der Waals surface area (Å²) in [6, 6.07) is 13.0. The van der Waals surface area contributed by atoms with Gasteiger partial charge in [-0.2, -0.15) is 5.10 Å². The van der Waals surface area contributed by atoms with Crippen LogP contribution in [0.2, 0.25) is 5.02 Å². The third-order valence-electron chi connectivity index (χ3n) is 4.84. The van der Waals surface area contributed by atoms with Gasteiger partial charge in [-0.3, -0.25) is 14.9 Å². The van der Waals surface area contributed by atoms with Crippen molar-refractivity contribution < 1.29 is 18.7 Å². The number of rotatable bonds is 11. The van der Waals surface area contributed by atoms with Crippen LogP contribution in [0, 0.1) is 5.82 Å². The first-order chi connectivity index (χ1) is 17.9. The highest BCUT2D eigenvalue weighted by Crippen LogP contribution is 2.27. The Labute approximate surface area is 225 Å². The molecule has 192 valence electrons. The Hall–Kier alpha value is -3.48. The topological polar surface area (TPSA) is 111 Å². The van der Waals surface area contributed by atoms with Crippen molar-refractivity contribution >= 4 is 51.6 Å². The zero-order chi connectivity index (χ0) is 26.2. The number of aromatic nitrogens is 4. The van der Waals surface area contributed by atoms with E-state index in [0.717, 1.165) is 23.3 Å². The molecule has 0 radical (unpaired) electrons. The Morgan fingerprint density at radius 3 is 2.70 bits per heavy atom. The van der Waals surface area contributed by atoms with Crippen LogP contribution < -0.4 is 15.4 Å². The first kappa shape index (κ1) is 26.6. The van der Waals surface area contributed by atoms with Crippen LogP contribution in [0.15, 0.2) is 59.1 Å². The molecule has 0 aliphatic carbocycles. The molecule has 2 heterocycles. The molecule has 2 amide bonds. The molecule has 0 spiro atoms. The van der Waals surface area contributed by atoms with Gasteiger partial charge in [0.1, 0.15) is 5.82 Å². The van der Waals surface area contributed by atoms with E-state index in [4.69, 9.17) is 16.3 Å². The van der Waals surface area contributed by atoms with Crippen LogP contribution in [0.1, 0.15) is 29.4 Å². The molecule has 0 atom stereocenters. The van der Waals surface area contributed by atoms with Crippen LogP contribution in [0.5, 0.6) is 5.75 Å². The predicted molar refractivity (Wildman–Crippen MR) is 141 cm³/mol. The summed E-state index contributed by atoms with van der Waals surface area (Å²) in [7, 11) is 0. The number of benzene rings is 2. The van der Waals surface area contributed by atoms with Gasteiger partial charge in [-0.1, -0.05) is 59.8 Å². The number of halogens is 2. The fourth-order valence-corrected chi connectivity index (χ4v) is 4.83. The van der Waals surface area contributed by atoms with Gasteiger partial charge in [-0.25, -0.2) is 9.07 Å². The van der Waals surface area contributed by atoms with Crippen molar-refractivity contribution in [2.45, 2.75) is 24.2 Å². The second-order valence-corrected chi connectivity index (χ2v) is 10.2. The first-order valence-corrected chi connectivity index (χ1v) is 13.4. The van der Waals surface area contributed by atoms with E-state index in [0.29, 0.717) is 28.2 Å². The van der Waals surface area contributed by atoms with E-state index in [1.165, 1.54) is 28.6 Å². The molecule has 0 saturated carbocycles. The lowest BCUT2D eigenvalue weighted by Gasteiger charge is -2.05. The Balaban J connectivity index is 1.36. The lowest BCUT2D eigenvalue weighted by molar-refractivity contribution is -0.118. The number of nitrogens with one attached hydrogen (secondary N) is 2. The van der Waals surface area contributed by atoms with E-state index >= 15 is 0 Å². The second kappa shape index (κ2) is 12.7. The van der Waals surface area contributed by atoms with Crippen molar-refractivity contribution in [3.05, 3.63) is 76.8 Å². The molecule has 4 aromatic rings. The Bertz CT molecular complexity index is 1380. The number of carbonyl (C=O) groups excluding carboxylic acids is 2. The van der Waals surface area contributed by atoms with Gasteiger partial charge in [-0.05, 0) is 42.3 Å². The quantitative estimate of drug-likeness (QED) is 0.197. The third kappa shape index (κ3) is 7.28. The van der Waals surface area contributed by atoms with E-state index in [2.05, 4.69) is 25.9 Å². The molecular formula is C24H22ClFN6O3S2. The van der Waals surface area contributed by atoms with Gasteiger partial charge in [0.15, 0.2) is 15.8 Å². The molecule has 2 N–H and O–H groups in total. The third-order valence-corrected chi connectivity index (χ3v) is 7.18. The van der Waals surface area contributed by atoms with Crippen LogP contribution in [0.25, 0.3) is 5.69 Å². The van der Waals surface area contributed by atoms with Crippen LogP contribution >= 0.6 is 34.7 Å². The minimum absolute atomic E-state index is 0.0566. The largest absolute Gasteiger partial charge is 0.489 e. The van der Waals surface area contributed by atoms with Crippen molar-refractivity contribution in [1.29, 1.82) is 0 Å². The van der Waals surface area contributed by atoms with Crippen LogP contribution in [-0.4, -0.2) is 44.2 Å². The van der Waals surface area contributed by atoms with Gasteiger partial charge in [0.05, 0.1) is 24.2 Å². The summed E-state index contributed by atoms with van der Waals surface area (Å²) in [6.07, 6.45) is 2.31. The fourth-order valence-electron chi connectivity index (χ4n) is 3.05. The van der Waals surface area contributed by atoms with Gasteiger partial charge in [-0.15, -0.1) is 10.2 Å². The Morgan fingerprint density at radius 1 is 1.16 bits per heavy atom. The summed E-state index contributed by atoms with van der Waals surface area (Å²) in [5, 5.41) is 18.6. The van der Waals surface area contributed by atoms with Gasteiger partial charge in [0, 0.05) is 11.6 Å². The van der Waals surface area contributed by atoms with Crippen LogP contribution in [-0.2, 0) is 11.3 Å². The summed E-state index contributed by atoms with van der Waals surface area (Å²) in [4.78, 5) is 25.1. The van der Waals surface area contributed by atoms with E-state index in [1.807, 2.05) is 25.1 Å². The summed E-state index contributed by atoms with van der Waals surface area (Å²) in [5.41, 5.74) is 1.46. The van der Waals surface area contributed by atoms with Gasteiger partial charge >= 0.3 is 0 Å². The normalized spacial score (nSPS) is 10.8. The summed E-state index contributed by atoms with van der Waals surface area (Å²) in [5.74, 6) is -0.673. The predicted octanol–water partition coefficient (Wildman–Crippen LogP) is 4.97. The standard InChI is InChI=1S/C24H22ClFN6O3S2/c1-2-11-35-19-13-32(17-9-7-16(26)8-10-17)31-21(19)22(34)28-23-29-30-24(37-23)36-14-20(33)27-12-15-5-3-4-6-18(15)25/h3-10,13H,2,11-12,14H2,1H3,(H,27,33)(H,28,29,34). The van der Waals surface area contributed by atoms with Gasteiger partial charge < -0.3 is 10.1 Å². The molecule has 0 saturated heterocycles. The number of anilines is 1. The Kier molecular flexibility index (Phi) is 9.09.